The number of carbonyl (C=O) groups excluding carboxylic acids is 1. The Kier molecular flexibility index (Phi) is 3.33. The van der Waals surface area contributed by atoms with E-state index in [1.807, 2.05) is 13.0 Å². The molecule has 0 atom stereocenters. The van der Waals surface area contributed by atoms with Gasteiger partial charge >= 0.3 is 0 Å². The van der Waals surface area contributed by atoms with Crippen LogP contribution < -0.4 is 14.8 Å². The lowest BCUT2D eigenvalue weighted by Crippen LogP contribution is -2.20. The van der Waals surface area contributed by atoms with Crippen LogP contribution in [0.3, 0.4) is 0 Å². The van der Waals surface area contributed by atoms with E-state index in [1.54, 1.807) is 14.2 Å². The normalized spacial score (nSPS) is 13.1. The van der Waals surface area contributed by atoms with Gasteiger partial charge in [0.15, 0.2) is 5.78 Å². The molecular formula is C13H17NO3. The molecule has 0 unspecified atom stereocenters. The number of likely N-dealkylation sites (N-methyl/N-ethyl adjacent to an activating group) is 1. The predicted octanol–water partition coefficient (Wildman–Crippen LogP) is 1.34. The van der Waals surface area contributed by atoms with Crippen LogP contribution in [-0.4, -0.2) is 33.1 Å². The molecule has 17 heavy (non-hydrogen) atoms. The third-order valence-electron chi connectivity index (χ3n) is 2.96. The van der Waals surface area contributed by atoms with E-state index in [0.717, 1.165) is 23.3 Å². The SMILES string of the molecule is CNCC(=O)c1c2c(cc(C)c1OC)OCC2. The average molecular weight is 235 g/mol. The lowest BCUT2D eigenvalue weighted by Gasteiger charge is -2.14. The number of nitrogens with one attached hydrogen (secondary N) is 1. The third-order valence-corrected chi connectivity index (χ3v) is 2.96. The Morgan fingerprint density at radius 3 is 3.00 bits per heavy atom. The number of aryl methyl sites for hydroxylation is 1. The molecule has 1 heterocycles. The highest BCUT2D eigenvalue weighted by Crippen LogP contribution is 2.37. The summed E-state index contributed by atoms with van der Waals surface area (Å²) in [6.45, 7) is 2.88. The summed E-state index contributed by atoms with van der Waals surface area (Å²) in [5, 5.41) is 2.88. The summed E-state index contributed by atoms with van der Waals surface area (Å²) in [6.07, 6.45) is 0.775. The van der Waals surface area contributed by atoms with Gasteiger partial charge in [0.2, 0.25) is 0 Å². The fraction of sp³-hybridized carbons (Fsp3) is 0.462. The molecule has 0 fully saturated rings. The monoisotopic (exact) mass is 235 g/mol. The van der Waals surface area contributed by atoms with Crippen molar-refractivity contribution in [3.05, 3.63) is 22.8 Å². The van der Waals surface area contributed by atoms with Gasteiger partial charge in [0, 0.05) is 12.0 Å². The quantitative estimate of drug-likeness (QED) is 0.800. The van der Waals surface area contributed by atoms with Crippen molar-refractivity contribution in [1.29, 1.82) is 0 Å². The molecule has 4 heteroatoms. The van der Waals surface area contributed by atoms with Gasteiger partial charge < -0.3 is 14.8 Å². The first-order chi connectivity index (χ1) is 8.19. The number of carbonyl (C=O) groups is 1. The molecule has 1 aliphatic heterocycles. The topological polar surface area (TPSA) is 47.6 Å². The molecule has 1 aromatic rings. The molecule has 4 nitrogen and oxygen atoms in total. The van der Waals surface area contributed by atoms with Crippen LogP contribution >= 0.6 is 0 Å². The van der Waals surface area contributed by atoms with E-state index >= 15 is 0 Å². The summed E-state index contributed by atoms with van der Waals surface area (Å²) >= 11 is 0. The molecule has 92 valence electrons. The van der Waals surface area contributed by atoms with Crippen molar-refractivity contribution in [2.45, 2.75) is 13.3 Å². The van der Waals surface area contributed by atoms with E-state index in [-0.39, 0.29) is 5.78 Å². The van der Waals surface area contributed by atoms with Gasteiger partial charge in [0.1, 0.15) is 11.5 Å². The maximum atomic E-state index is 12.1. The molecule has 1 aromatic carbocycles. The van der Waals surface area contributed by atoms with Gasteiger partial charge in [-0.05, 0) is 25.6 Å². The number of hydrogen-bond donors (Lipinski definition) is 1. The van der Waals surface area contributed by atoms with Crippen LogP contribution in [0.4, 0.5) is 0 Å². The number of ether oxygens (including phenoxy) is 2. The summed E-state index contributed by atoms with van der Waals surface area (Å²) in [5.74, 6) is 1.55. The molecule has 0 aromatic heterocycles. The Hall–Kier alpha value is -1.55. The van der Waals surface area contributed by atoms with E-state index in [4.69, 9.17) is 9.47 Å². The molecule has 0 saturated heterocycles. The first-order valence-electron chi connectivity index (χ1n) is 5.70. The molecule has 1 aliphatic rings. The molecule has 0 amide bonds. The van der Waals surface area contributed by atoms with Gasteiger partial charge in [-0.2, -0.15) is 0 Å². The number of ketones is 1. The maximum absolute atomic E-state index is 12.1. The summed E-state index contributed by atoms with van der Waals surface area (Å²) in [4.78, 5) is 12.1. The number of rotatable bonds is 4. The average Bonchev–Trinajstić information content (AvgIpc) is 2.74. The molecule has 0 saturated carbocycles. The van der Waals surface area contributed by atoms with Gasteiger partial charge in [0.25, 0.3) is 0 Å². The highest BCUT2D eigenvalue weighted by molar-refractivity contribution is 6.02. The van der Waals surface area contributed by atoms with E-state index in [1.165, 1.54) is 0 Å². The molecule has 0 bridgehead atoms. The van der Waals surface area contributed by atoms with Crippen LogP contribution in [0.1, 0.15) is 21.5 Å². The minimum absolute atomic E-state index is 0.0507. The Bertz CT molecular complexity index is 451. The lowest BCUT2D eigenvalue weighted by atomic mass is 9.97. The highest BCUT2D eigenvalue weighted by Gasteiger charge is 2.25. The van der Waals surface area contributed by atoms with Crippen LogP contribution in [0.15, 0.2) is 6.07 Å². The third kappa shape index (κ3) is 2.00. The van der Waals surface area contributed by atoms with Crippen molar-refractivity contribution in [2.75, 3.05) is 27.3 Å². The van der Waals surface area contributed by atoms with Crippen LogP contribution in [-0.2, 0) is 6.42 Å². The first kappa shape index (κ1) is 11.9. The van der Waals surface area contributed by atoms with Crippen LogP contribution in [0.2, 0.25) is 0 Å². The smallest absolute Gasteiger partial charge is 0.180 e. The predicted molar refractivity (Wildman–Crippen MR) is 65.2 cm³/mol. The van der Waals surface area contributed by atoms with Gasteiger partial charge in [-0.3, -0.25) is 4.79 Å². The second-order valence-corrected chi connectivity index (χ2v) is 4.13. The number of fused-ring (bicyclic) bond motifs is 1. The zero-order valence-electron chi connectivity index (χ0n) is 10.4. The molecule has 1 N–H and O–H groups in total. The highest BCUT2D eigenvalue weighted by atomic mass is 16.5. The zero-order valence-corrected chi connectivity index (χ0v) is 10.4. The van der Waals surface area contributed by atoms with Crippen LogP contribution in [0.5, 0.6) is 11.5 Å². The minimum atomic E-state index is 0.0507. The molecule has 0 radical (unpaired) electrons. The van der Waals surface area contributed by atoms with Gasteiger partial charge in [-0.15, -0.1) is 0 Å². The summed E-state index contributed by atoms with van der Waals surface area (Å²) in [7, 11) is 3.36. The number of hydrogen-bond acceptors (Lipinski definition) is 4. The van der Waals surface area contributed by atoms with Crippen molar-refractivity contribution < 1.29 is 14.3 Å². The second-order valence-electron chi connectivity index (χ2n) is 4.13. The molecule has 2 rings (SSSR count). The Labute approximate surface area is 101 Å². The summed E-state index contributed by atoms with van der Waals surface area (Å²) < 4.78 is 10.9. The molecule has 0 spiro atoms. The lowest BCUT2D eigenvalue weighted by molar-refractivity contribution is 0.0989. The van der Waals surface area contributed by atoms with Crippen LogP contribution in [0, 0.1) is 6.92 Å². The number of methoxy groups -OCH3 is 1. The summed E-state index contributed by atoms with van der Waals surface area (Å²) in [5.41, 5.74) is 2.59. The number of Topliss-reactive ketones (excluding diaryl/α,β-unsaturated/α-hetero) is 1. The van der Waals surface area contributed by atoms with Crippen molar-refractivity contribution in [3.8, 4) is 11.5 Å². The largest absolute Gasteiger partial charge is 0.496 e. The van der Waals surface area contributed by atoms with Gasteiger partial charge in [0.05, 0.1) is 25.8 Å². The van der Waals surface area contributed by atoms with Gasteiger partial charge in [-0.25, -0.2) is 0 Å². The second kappa shape index (κ2) is 4.75. The van der Waals surface area contributed by atoms with Crippen molar-refractivity contribution in [1.82, 2.24) is 5.32 Å². The van der Waals surface area contributed by atoms with Gasteiger partial charge in [-0.1, -0.05) is 0 Å². The van der Waals surface area contributed by atoms with Crippen molar-refractivity contribution in [3.63, 3.8) is 0 Å². The molecular weight excluding hydrogens is 218 g/mol. The van der Waals surface area contributed by atoms with Crippen molar-refractivity contribution in [2.24, 2.45) is 0 Å². The van der Waals surface area contributed by atoms with E-state index in [0.29, 0.717) is 24.5 Å². The van der Waals surface area contributed by atoms with Crippen molar-refractivity contribution >= 4 is 5.78 Å². The first-order valence-corrected chi connectivity index (χ1v) is 5.70. The minimum Gasteiger partial charge on any atom is -0.496 e. The standard InChI is InChI=1S/C13H17NO3/c1-8-6-11-9(4-5-17-11)12(13(8)16-3)10(15)7-14-2/h6,14H,4-5,7H2,1-3H3. The Morgan fingerprint density at radius 2 is 2.35 bits per heavy atom. The van der Waals surface area contributed by atoms with E-state index < -0.39 is 0 Å². The number of benzene rings is 1. The Morgan fingerprint density at radius 1 is 1.59 bits per heavy atom. The molecule has 0 aliphatic carbocycles. The summed E-state index contributed by atoms with van der Waals surface area (Å²) in [6, 6.07) is 1.94. The van der Waals surface area contributed by atoms with E-state index in [9.17, 15) is 4.79 Å². The maximum Gasteiger partial charge on any atom is 0.180 e. The van der Waals surface area contributed by atoms with E-state index in [2.05, 4.69) is 5.32 Å². The Balaban J connectivity index is 2.57. The fourth-order valence-corrected chi connectivity index (χ4v) is 2.25. The fourth-order valence-electron chi connectivity index (χ4n) is 2.25. The zero-order chi connectivity index (χ0) is 12.4. The van der Waals surface area contributed by atoms with Crippen LogP contribution in [0.25, 0.3) is 0 Å².